The lowest BCUT2D eigenvalue weighted by molar-refractivity contribution is -0.135. The van der Waals surface area contributed by atoms with Gasteiger partial charge in [-0.15, -0.1) is 0 Å². The van der Waals surface area contributed by atoms with Gasteiger partial charge in [0.25, 0.3) is 0 Å². The molecule has 240 valence electrons. The molecular formula is C38H58O5. The first kappa shape index (κ1) is 34.1. The van der Waals surface area contributed by atoms with Gasteiger partial charge in [0.15, 0.2) is 0 Å². The number of aryl methyl sites for hydroxylation is 1. The summed E-state index contributed by atoms with van der Waals surface area (Å²) < 4.78 is 16.4. The second-order valence-electron chi connectivity index (χ2n) is 13.6. The Labute approximate surface area is 261 Å². The largest absolute Gasteiger partial charge is 0.382 e. The monoisotopic (exact) mass is 594 g/mol. The Morgan fingerprint density at radius 1 is 0.907 bits per heavy atom. The second-order valence-corrected chi connectivity index (χ2v) is 13.6. The lowest BCUT2D eigenvalue weighted by atomic mass is 9.70. The van der Waals surface area contributed by atoms with Gasteiger partial charge in [-0.1, -0.05) is 69.4 Å². The fourth-order valence-corrected chi connectivity index (χ4v) is 7.89. The van der Waals surface area contributed by atoms with Crippen LogP contribution in [0.3, 0.4) is 0 Å². The van der Waals surface area contributed by atoms with Gasteiger partial charge in [-0.3, -0.25) is 9.59 Å². The van der Waals surface area contributed by atoms with Gasteiger partial charge in [0.2, 0.25) is 0 Å². The van der Waals surface area contributed by atoms with Gasteiger partial charge in [-0.25, -0.2) is 0 Å². The zero-order chi connectivity index (χ0) is 30.6. The summed E-state index contributed by atoms with van der Waals surface area (Å²) in [7, 11) is 1.68. The minimum Gasteiger partial charge on any atom is -0.382 e. The van der Waals surface area contributed by atoms with Crippen LogP contribution in [0, 0.1) is 36.5 Å². The van der Waals surface area contributed by atoms with Crippen LogP contribution in [0.5, 0.6) is 0 Å². The van der Waals surface area contributed by atoms with E-state index in [-0.39, 0.29) is 17.8 Å². The zero-order valence-electron chi connectivity index (χ0n) is 27.5. The van der Waals surface area contributed by atoms with Crippen LogP contribution < -0.4 is 0 Å². The van der Waals surface area contributed by atoms with E-state index in [9.17, 15) is 9.59 Å². The summed E-state index contributed by atoms with van der Waals surface area (Å²) >= 11 is 0. The lowest BCUT2D eigenvalue weighted by Crippen LogP contribution is -2.35. The van der Waals surface area contributed by atoms with Crippen molar-refractivity contribution in [2.24, 2.45) is 29.6 Å². The van der Waals surface area contributed by atoms with E-state index in [1.165, 1.54) is 41.5 Å². The van der Waals surface area contributed by atoms with E-state index in [0.29, 0.717) is 68.8 Å². The summed E-state index contributed by atoms with van der Waals surface area (Å²) in [5, 5.41) is 0. The van der Waals surface area contributed by atoms with Crippen LogP contribution in [0.4, 0.5) is 0 Å². The number of methoxy groups -OCH3 is 1. The van der Waals surface area contributed by atoms with Gasteiger partial charge in [0.1, 0.15) is 11.6 Å². The van der Waals surface area contributed by atoms with E-state index in [4.69, 9.17) is 14.2 Å². The molecular weight excluding hydrogens is 536 g/mol. The normalized spacial score (nSPS) is 23.6. The van der Waals surface area contributed by atoms with Gasteiger partial charge in [-0.2, -0.15) is 0 Å². The Balaban J connectivity index is 1.36. The number of ketones is 2. The first-order valence-corrected chi connectivity index (χ1v) is 17.4. The van der Waals surface area contributed by atoms with Crippen LogP contribution >= 0.6 is 0 Å². The summed E-state index contributed by atoms with van der Waals surface area (Å²) in [6.07, 6.45) is 16.1. The van der Waals surface area contributed by atoms with Crippen molar-refractivity contribution in [2.75, 3.05) is 40.1 Å². The number of benzene rings is 1. The van der Waals surface area contributed by atoms with Crippen LogP contribution in [-0.4, -0.2) is 51.7 Å². The molecule has 0 spiro atoms. The topological polar surface area (TPSA) is 61.8 Å². The SMILES string of the molecule is CCC(C)C(=O)C[C@H](C(=O)C1CCC[C@H]1CCC1=CC(CCOCCOCCOC)c2cc(C)ccc21)C1CCCCC1. The zero-order valence-corrected chi connectivity index (χ0v) is 27.5. The average Bonchev–Trinajstić information content (AvgIpc) is 3.63. The van der Waals surface area contributed by atoms with Crippen LogP contribution in [0.25, 0.3) is 5.57 Å². The molecule has 5 heteroatoms. The molecule has 3 aliphatic carbocycles. The number of rotatable bonds is 19. The molecule has 43 heavy (non-hydrogen) atoms. The standard InChI is InChI=1S/C38H58O5/c1-5-28(3)37(39)26-36(29-10-7-6-8-11-29)38(40)34-13-9-12-30(34)15-16-31-25-32(35-24-27(2)14-17-33(31)35)18-19-42-22-23-43-21-20-41-4/h14,17,24-25,28-30,32,34,36H,5-13,15-16,18-23,26H2,1-4H3/t28?,30-,32?,34?,36-/m0/s1. The van der Waals surface area contributed by atoms with Crippen LogP contribution in [0.1, 0.15) is 120 Å². The van der Waals surface area contributed by atoms with Crippen molar-refractivity contribution >= 4 is 17.1 Å². The molecule has 0 aliphatic heterocycles. The van der Waals surface area contributed by atoms with Gasteiger partial charge in [-0.05, 0) is 86.8 Å². The Kier molecular flexibility index (Phi) is 14.0. The van der Waals surface area contributed by atoms with Crippen LogP contribution in [-0.2, 0) is 23.8 Å². The Morgan fingerprint density at radius 2 is 1.65 bits per heavy atom. The third-order valence-electron chi connectivity index (χ3n) is 10.7. The van der Waals surface area contributed by atoms with Crippen molar-refractivity contribution in [1.82, 2.24) is 0 Å². The predicted octanol–water partition coefficient (Wildman–Crippen LogP) is 8.51. The quantitative estimate of drug-likeness (QED) is 0.150. The van der Waals surface area contributed by atoms with Crippen molar-refractivity contribution in [3.8, 4) is 0 Å². The third kappa shape index (κ3) is 9.58. The molecule has 2 fully saturated rings. The number of hydrogen-bond acceptors (Lipinski definition) is 5. The maximum absolute atomic E-state index is 14.2. The van der Waals surface area contributed by atoms with Crippen molar-refractivity contribution in [1.29, 1.82) is 0 Å². The lowest BCUT2D eigenvalue weighted by Gasteiger charge is -2.32. The number of hydrogen-bond donors (Lipinski definition) is 0. The summed E-state index contributed by atoms with van der Waals surface area (Å²) in [4.78, 5) is 27.3. The minimum absolute atomic E-state index is 0.0587. The Hall–Kier alpha value is -1.82. The smallest absolute Gasteiger partial charge is 0.140 e. The fraction of sp³-hybridized carbons (Fsp3) is 0.737. The van der Waals surface area contributed by atoms with Crippen molar-refractivity contribution in [3.63, 3.8) is 0 Å². The molecule has 0 N–H and O–H groups in total. The number of ether oxygens (including phenoxy) is 3. The Morgan fingerprint density at radius 3 is 2.40 bits per heavy atom. The molecule has 3 unspecified atom stereocenters. The second kappa shape index (κ2) is 17.6. The highest BCUT2D eigenvalue weighted by Gasteiger charge is 2.40. The summed E-state index contributed by atoms with van der Waals surface area (Å²) in [5.41, 5.74) is 5.55. The van der Waals surface area contributed by atoms with Crippen molar-refractivity contribution in [2.45, 2.75) is 110 Å². The maximum atomic E-state index is 14.2. The van der Waals surface area contributed by atoms with Gasteiger partial charge >= 0.3 is 0 Å². The number of carbonyl (C=O) groups excluding carboxylic acids is 2. The Bertz CT molecular complexity index is 1050. The van der Waals surface area contributed by atoms with Crippen molar-refractivity contribution in [3.05, 3.63) is 41.0 Å². The van der Waals surface area contributed by atoms with E-state index in [1.807, 2.05) is 6.92 Å². The van der Waals surface area contributed by atoms with E-state index in [1.54, 1.807) is 7.11 Å². The van der Waals surface area contributed by atoms with E-state index >= 15 is 0 Å². The highest BCUT2D eigenvalue weighted by molar-refractivity contribution is 5.90. The first-order valence-electron chi connectivity index (χ1n) is 17.4. The van der Waals surface area contributed by atoms with Gasteiger partial charge in [0.05, 0.1) is 26.4 Å². The van der Waals surface area contributed by atoms with E-state index < -0.39 is 0 Å². The molecule has 0 bridgehead atoms. The van der Waals surface area contributed by atoms with Crippen molar-refractivity contribution < 1.29 is 23.8 Å². The molecule has 1 aromatic rings. The first-order chi connectivity index (χ1) is 20.9. The molecule has 0 amide bonds. The average molecular weight is 595 g/mol. The van der Waals surface area contributed by atoms with Gasteiger partial charge in [0, 0.05) is 43.8 Å². The molecule has 2 saturated carbocycles. The maximum Gasteiger partial charge on any atom is 0.140 e. The number of allylic oxidation sites excluding steroid dienone is 2. The third-order valence-corrected chi connectivity index (χ3v) is 10.7. The molecule has 0 radical (unpaired) electrons. The molecule has 5 nitrogen and oxygen atoms in total. The van der Waals surface area contributed by atoms with Gasteiger partial charge < -0.3 is 14.2 Å². The van der Waals surface area contributed by atoms with E-state index in [0.717, 1.165) is 57.8 Å². The number of carbonyl (C=O) groups is 2. The minimum atomic E-state index is -0.0587. The highest BCUT2D eigenvalue weighted by atomic mass is 16.5. The van der Waals surface area contributed by atoms with E-state index in [2.05, 4.69) is 38.1 Å². The summed E-state index contributed by atoms with van der Waals surface area (Å²) in [5.74, 6) is 2.09. The molecule has 0 saturated heterocycles. The fourth-order valence-electron chi connectivity index (χ4n) is 7.89. The van der Waals surface area contributed by atoms with Crippen LogP contribution in [0.15, 0.2) is 24.3 Å². The van der Waals surface area contributed by atoms with Crippen LogP contribution in [0.2, 0.25) is 0 Å². The summed E-state index contributed by atoms with van der Waals surface area (Å²) in [6.45, 7) is 9.43. The molecule has 1 aromatic carbocycles. The molecule has 0 heterocycles. The number of fused-ring (bicyclic) bond motifs is 1. The number of Topliss-reactive ketones (excluding diaryl/α,β-unsaturated/α-hetero) is 2. The highest BCUT2D eigenvalue weighted by Crippen LogP contribution is 2.45. The summed E-state index contributed by atoms with van der Waals surface area (Å²) in [6, 6.07) is 6.88. The molecule has 5 atom stereocenters. The molecule has 0 aromatic heterocycles. The molecule has 3 aliphatic rings. The molecule has 4 rings (SSSR count). The predicted molar refractivity (Wildman–Crippen MR) is 174 cm³/mol.